The first-order valence-corrected chi connectivity index (χ1v) is 7.19. The lowest BCUT2D eigenvalue weighted by molar-refractivity contribution is -0.166. The molecule has 106 valence electrons. The number of rotatable bonds is 4. The zero-order valence-corrected chi connectivity index (χ0v) is 11.7. The minimum absolute atomic E-state index is 0.0931. The molecule has 4 heteroatoms. The Morgan fingerprint density at radius 1 is 1.00 bits per heavy atom. The molecule has 19 heavy (non-hydrogen) atoms. The standard InChI is InChI=1S/C15H22O4/c1-3-18-13(16)15(14(17)19-4-2)11-9-7-5-6-8-10-12(11)15/h5-6,11-12H,3-4,7-10H2,1-2H3/b6-5-/t11-,12+. The molecule has 1 saturated carbocycles. The Labute approximate surface area is 114 Å². The van der Waals surface area contributed by atoms with Gasteiger partial charge in [-0.1, -0.05) is 12.2 Å². The van der Waals surface area contributed by atoms with Crippen molar-refractivity contribution in [2.24, 2.45) is 17.3 Å². The molecule has 0 saturated heterocycles. The number of carbonyl (C=O) groups excluding carboxylic acids is 2. The lowest BCUT2D eigenvalue weighted by Gasteiger charge is -2.15. The van der Waals surface area contributed by atoms with E-state index in [1.165, 1.54) is 0 Å². The van der Waals surface area contributed by atoms with Gasteiger partial charge in [-0.05, 0) is 51.4 Å². The summed E-state index contributed by atoms with van der Waals surface area (Å²) in [6, 6.07) is 0. The van der Waals surface area contributed by atoms with Gasteiger partial charge in [0.15, 0.2) is 5.41 Å². The van der Waals surface area contributed by atoms with Crippen LogP contribution in [0.15, 0.2) is 12.2 Å². The lowest BCUT2D eigenvalue weighted by atomic mass is 10.00. The first kappa shape index (κ1) is 14.1. The van der Waals surface area contributed by atoms with Crippen LogP contribution in [-0.2, 0) is 19.1 Å². The first-order chi connectivity index (χ1) is 9.19. The minimum Gasteiger partial charge on any atom is -0.465 e. The maximum Gasteiger partial charge on any atom is 0.324 e. The van der Waals surface area contributed by atoms with Gasteiger partial charge in [0.25, 0.3) is 0 Å². The van der Waals surface area contributed by atoms with Crippen LogP contribution in [0.1, 0.15) is 39.5 Å². The average molecular weight is 266 g/mol. The largest absolute Gasteiger partial charge is 0.465 e. The predicted octanol–water partition coefficient (Wildman–Crippen LogP) is 2.48. The third-order valence-electron chi connectivity index (χ3n) is 4.23. The molecular formula is C15H22O4. The van der Waals surface area contributed by atoms with Crippen molar-refractivity contribution in [1.29, 1.82) is 0 Å². The highest BCUT2D eigenvalue weighted by Crippen LogP contribution is 2.64. The molecule has 4 nitrogen and oxygen atoms in total. The molecule has 0 radical (unpaired) electrons. The van der Waals surface area contributed by atoms with Crippen LogP contribution < -0.4 is 0 Å². The molecule has 1 fully saturated rings. The van der Waals surface area contributed by atoms with Crippen LogP contribution in [0.3, 0.4) is 0 Å². The second-order valence-electron chi connectivity index (χ2n) is 5.15. The van der Waals surface area contributed by atoms with Gasteiger partial charge < -0.3 is 9.47 Å². The Hall–Kier alpha value is -1.32. The van der Waals surface area contributed by atoms with Gasteiger partial charge in [0.1, 0.15) is 0 Å². The molecule has 0 unspecified atom stereocenters. The molecule has 0 aromatic heterocycles. The van der Waals surface area contributed by atoms with Gasteiger partial charge in [-0.2, -0.15) is 0 Å². The van der Waals surface area contributed by atoms with Crippen LogP contribution in [0.25, 0.3) is 0 Å². The fraction of sp³-hybridized carbons (Fsp3) is 0.733. The van der Waals surface area contributed by atoms with E-state index in [2.05, 4.69) is 12.2 Å². The van der Waals surface area contributed by atoms with Gasteiger partial charge in [0.2, 0.25) is 0 Å². The van der Waals surface area contributed by atoms with Crippen LogP contribution >= 0.6 is 0 Å². The zero-order valence-electron chi connectivity index (χ0n) is 11.7. The average Bonchev–Trinajstić information content (AvgIpc) is 2.96. The smallest absolute Gasteiger partial charge is 0.324 e. The number of hydrogen-bond donors (Lipinski definition) is 0. The van der Waals surface area contributed by atoms with Crippen LogP contribution in [-0.4, -0.2) is 25.2 Å². The molecule has 2 aliphatic carbocycles. The van der Waals surface area contributed by atoms with E-state index in [0.29, 0.717) is 13.2 Å². The minimum atomic E-state index is -1.02. The normalized spacial score (nSPS) is 29.4. The molecule has 0 aromatic carbocycles. The molecule has 2 rings (SSSR count). The molecule has 0 N–H and O–H groups in total. The molecule has 0 aromatic rings. The van der Waals surface area contributed by atoms with E-state index in [0.717, 1.165) is 25.7 Å². The van der Waals surface area contributed by atoms with E-state index < -0.39 is 5.41 Å². The maximum absolute atomic E-state index is 12.3. The molecular weight excluding hydrogens is 244 g/mol. The monoisotopic (exact) mass is 266 g/mol. The molecule has 2 atom stereocenters. The van der Waals surface area contributed by atoms with Crippen molar-refractivity contribution in [3.8, 4) is 0 Å². The third kappa shape index (κ3) is 2.28. The van der Waals surface area contributed by atoms with Crippen LogP contribution in [0.4, 0.5) is 0 Å². The van der Waals surface area contributed by atoms with E-state index in [1.807, 2.05) is 0 Å². The fourth-order valence-corrected chi connectivity index (χ4v) is 3.37. The van der Waals surface area contributed by atoms with E-state index in [4.69, 9.17) is 9.47 Å². The molecule has 2 aliphatic rings. The second kappa shape index (κ2) is 5.76. The third-order valence-corrected chi connectivity index (χ3v) is 4.23. The topological polar surface area (TPSA) is 52.6 Å². The lowest BCUT2D eigenvalue weighted by Crippen LogP contribution is -2.33. The van der Waals surface area contributed by atoms with Gasteiger partial charge in [-0.25, -0.2) is 0 Å². The van der Waals surface area contributed by atoms with Crippen molar-refractivity contribution in [2.75, 3.05) is 13.2 Å². The van der Waals surface area contributed by atoms with Crippen LogP contribution in [0, 0.1) is 17.3 Å². The molecule has 0 heterocycles. The summed E-state index contributed by atoms with van der Waals surface area (Å²) in [4.78, 5) is 24.6. The highest BCUT2D eigenvalue weighted by molar-refractivity contribution is 6.04. The number of ether oxygens (including phenoxy) is 2. The number of fused-ring (bicyclic) bond motifs is 1. The van der Waals surface area contributed by atoms with Crippen molar-refractivity contribution in [1.82, 2.24) is 0 Å². The van der Waals surface area contributed by atoms with Gasteiger partial charge in [-0.15, -0.1) is 0 Å². The predicted molar refractivity (Wildman–Crippen MR) is 70.3 cm³/mol. The number of hydrogen-bond acceptors (Lipinski definition) is 4. The Bertz CT molecular complexity index is 350. The summed E-state index contributed by atoms with van der Waals surface area (Å²) >= 11 is 0. The van der Waals surface area contributed by atoms with Gasteiger partial charge in [0, 0.05) is 0 Å². The summed E-state index contributed by atoms with van der Waals surface area (Å²) in [5, 5.41) is 0. The summed E-state index contributed by atoms with van der Waals surface area (Å²) in [5.74, 6) is -0.582. The second-order valence-corrected chi connectivity index (χ2v) is 5.15. The van der Waals surface area contributed by atoms with E-state index in [1.54, 1.807) is 13.8 Å². The van der Waals surface area contributed by atoms with E-state index >= 15 is 0 Å². The zero-order chi connectivity index (χ0) is 13.9. The van der Waals surface area contributed by atoms with Crippen molar-refractivity contribution < 1.29 is 19.1 Å². The molecule has 0 aliphatic heterocycles. The number of carbonyl (C=O) groups is 2. The van der Waals surface area contributed by atoms with E-state index in [9.17, 15) is 9.59 Å². The van der Waals surface area contributed by atoms with Gasteiger partial charge in [-0.3, -0.25) is 9.59 Å². The Morgan fingerprint density at radius 3 is 1.79 bits per heavy atom. The summed E-state index contributed by atoms with van der Waals surface area (Å²) in [6.07, 6.45) is 7.83. The van der Waals surface area contributed by atoms with Crippen LogP contribution in [0.5, 0.6) is 0 Å². The van der Waals surface area contributed by atoms with Crippen molar-refractivity contribution >= 4 is 11.9 Å². The molecule has 0 bridgehead atoms. The maximum atomic E-state index is 12.3. The number of esters is 2. The highest BCUT2D eigenvalue weighted by Gasteiger charge is 2.75. The molecule has 0 spiro atoms. The molecule has 0 amide bonds. The van der Waals surface area contributed by atoms with Crippen molar-refractivity contribution in [2.45, 2.75) is 39.5 Å². The quantitative estimate of drug-likeness (QED) is 0.445. The van der Waals surface area contributed by atoms with Crippen molar-refractivity contribution in [3.63, 3.8) is 0 Å². The summed E-state index contributed by atoms with van der Waals surface area (Å²) in [6.45, 7) is 4.14. The summed E-state index contributed by atoms with van der Waals surface area (Å²) < 4.78 is 10.3. The van der Waals surface area contributed by atoms with Crippen molar-refractivity contribution in [3.05, 3.63) is 12.2 Å². The Morgan fingerprint density at radius 2 is 1.42 bits per heavy atom. The highest BCUT2D eigenvalue weighted by atomic mass is 16.6. The fourth-order valence-electron chi connectivity index (χ4n) is 3.37. The Balaban J connectivity index is 2.22. The van der Waals surface area contributed by atoms with Gasteiger partial charge >= 0.3 is 11.9 Å². The van der Waals surface area contributed by atoms with E-state index in [-0.39, 0.29) is 23.8 Å². The van der Waals surface area contributed by atoms with Crippen LogP contribution in [0.2, 0.25) is 0 Å². The van der Waals surface area contributed by atoms with Gasteiger partial charge in [0.05, 0.1) is 13.2 Å². The SMILES string of the molecule is CCOC(=O)C1(C(=O)OCC)[C@@H]2CC/C=C\CC[C@@H]21. The summed E-state index contributed by atoms with van der Waals surface area (Å²) in [5.41, 5.74) is -1.02. The first-order valence-electron chi connectivity index (χ1n) is 7.19. The Kier molecular flexibility index (Phi) is 4.27. The number of allylic oxidation sites excluding steroid dienone is 2. The summed E-state index contributed by atoms with van der Waals surface area (Å²) in [7, 11) is 0.